The SMILES string of the molecule is COc1ccccc1[C@@H]1CCN(Cc2nc(C)c(C)s2)C1. The summed E-state index contributed by atoms with van der Waals surface area (Å²) in [6, 6.07) is 8.40. The molecule has 0 N–H and O–H groups in total. The molecule has 0 spiro atoms. The Kier molecular flexibility index (Phi) is 4.27. The standard InChI is InChI=1S/C17H22N2OS/c1-12-13(2)21-17(18-12)11-19-9-8-14(10-19)15-6-4-5-7-16(15)20-3/h4-7,14H,8-11H2,1-3H3/t14-/m1/s1. The summed E-state index contributed by atoms with van der Waals surface area (Å²) in [6.07, 6.45) is 1.20. The van der Waals surface area contributed by atoms with Crippen molar-refractivity contribution in [3.8, 4) is 5.75 Å². The van der Waals surface area contributed by atoms with Crippen LogP contribution in [0.15, 0.2) is 24.3 Å². The Morgan fingerprint density at radius 2 is 2.14 bits per heavy atom. The molecule has 1 saturated heterocycles. The molecule has 0 saturated carbocycles. The number of benzene rings is 1. The topological polar surface area (TPSA) is 25.4 Å². The van der Waals surface area contributed by atoms with Crippen molar-refractivity contribution in [3.63, 3.8) is 0 Å². The Bertz CT molecular complexity index is 604. The van der Waals surface area contributed by atoms with E-state index in [2.05, 4.69) is 41.9 Å². The van der Waals surface area contributed by atoms with Crippen molar-refractivity contribution in [2.45, 2.75) is 32.7 Å². The summed E-state index contributed by atoms with van der Waals surface area (Å²) in [5, 5.41) is 1.24. The highest BCUT2D eigenvalue weighted by Crippen LogP contribution is 2.34. The van der Waals surface area contributed by atoms with E-state index in [1.54, 1.807) is 7.11 Å². The number of aromatic nitrogens is 1. The van der Waals surface area contributed by atoms with Gasteiger partial charge in [-0.3, -0.25) is 4.90 Å². The molecule has 1 aromatic carbocycles. The smallest absolute Gasteiger partial charge is 0.122 e. The van der Waals surface area contributed by atoms with Crippen LogP contribution in [0.1, 0.15) is 33.5 Å². The third-order valence-corrected chi connectivity index (χ3v) is 5.34. The van der Waals surface area contributed by atoms with Gasteiger partial charge >= 0.3 is 0 Å². The molecule has 1 aliphatic heterocycles. The lowest BCUT2D eigenvalue weighted by Crippen LogP contribution is -2.19. The van der Waals surface area contributed by atoms with E-state index in [4.69, 9.17) is 4.74 Å². The second-order valence-corrected chi connectivity index (χ2v) is 7.00. The number of nitrogens with zero attached hydrogens (tertiary/aromatic N) is 2. The van der Waals surface area contributed by atoms with Crippen molar-refractivity contribution < 1.29 is 4.74 Å². The summed E-state index contributed by atoms with van der Waals surface area (Å²) in [7, 11) is 1.76. The van der Waals surface area contributed by atoms with Gasteiger partial charge < -0.3 is 4.74 Å². The molecule has 1 atom stereocenters. The fourth-order valence-corrected chi connectivity index (χ4v) is 4.01. The lowest BCUT2D eigenvalue weighted by molar-refractivity contribution is 0.325. The molecule has 0 aliphatic carbocycles. The maximum atomic E-state index is 5.50. The maximum absolute atomic E-state index is 5.50. The van der Waals surface area contributed by atoms with Gasteiger partial charge in [0.2, 0.25) is 0 Å². The maximum Gasteiger partial charge on any atom is 0.122 e. The highest BCUT2D eigenvalue weighted by molar-refractivity contribution is 7.11. The monoisotopic (exact) mass is 302 g/mol. The molecule has 0 radical (unpaired) electrons. The van der Waals surface area contributed by atoms with Gasteiger partial charge in [-0.15, -0.1) is 11.3 Å². The average Bonchev–Trinajstić information content (AvgIpc) is 3.06. The minimum absolute atomic E-state index is 0.573. The van der Waals surface area contributed by atoms with Crippen molar-refractivity contribution in [1.29, 1.82) is 0 Å². The van der Waals surface area contributed by atoms with Crippen molar-refractivity contribution in [2.75, 3.05) is 20.2 Å². The van der Waals surface area contributed by atoms with Gasteiger partial charge in [0.05, 0.1) is 19.3 Å². The van der Waals surface area contributed by atoms with Crippen molar-refractivity contribution in [1.82, 2.24) is 9.88 Å². The van der Waals surface area contributed by atoms with Crippen molar-refractivity contribution in [3.05, 3.63) is 45.4 Å². The number of hydrogen-bond acceptors (Lipinski definition) is 4. The number of methoxy groups -OCH3 is 1. The molecule has 2 aromatic rings. The van der Waals surface area contributed by atoms with Gasteiger partial charge in [-0.05, 0) is 38.4 Å². The van der Waals surface area contributed by atoms with Gasteiger partial charge in [-0.25, -0.2) is 4.98 Å². The fourth-order valence-electron chi connectivity index (χ4n) is 3.03. The Morgan fingerprint density at radius 3 is 2.86 bits per heavy atom. The molecule has 21 heavy (non-hydrogen) atoms. The zero-order valence-electron chi connectivity index (χ0n) is 12.9. The van der Waals surface area contributed by atoms with Gasteiger partial charge in [-0.1, -0.05) is 18.2 Å². The number of ether oxygens (including phenoxy) is 1. The third-order valence-electron chi connectivity index (χ3n) is 4.28. The Morgan fingerprint density at radius 1 is 1.33 bits per heavy atom. The molecule has 2 heterocycles. The summed E-state index contributed by atoms with van der Waals surface area (Å²) in [6.45, 7) is 7.46. The molecular formula is C17H22N2OS. The second-order valence-electron chi connectivity index (χ2n) is 5.71. The average molecular weight is 302 g/mol. The summed E-state index contributed by atoms with van der Waals surface area (Å²) >= 11 is 1.83. The van der Waals surface area contributed by atoms with Crippen LogP contribution < -0.4 is 4.74 Å². The number of aryl methyl sites for hydroxylation is 2. The van der Waals surface area contributed by atoms with Gasteiger partial charge in [0, 0.05) is 17.3 Å². The summed E-state index contributed by atoms with van der Waals surface area (Å²) in [5.74, 6) is 1.59. The van der Waals surface area contributed by atoms with E-state index < -0.39 is 0 Å². The first-order valence-electron chi connectivity index (χ1n) is 7.45. The van der Waals surface area contributed by atoms with Crippen LogP contribution in [0.5, 0.6) is 5.75 Å². The second kappa shape index (κ2) is 6.16. The number of thiazole rings is 1. The predicted octanol–water partition coefficient (Wildman–Crippen LogP) is 3.76. The molecule has 112 valence electrons. The highest BCUT2D eigenvalue weighted by atomic mass is 32.1. The minimum Gasteiger partial charge on any atom is -0.496 e. The van der Waals surface area contributed by atoms with E-state index in [1.807, 2.05) is 17.4 Å². The van der Waals surface area contributed by atoms with Gasteiger partial charge in [0.1, 0.15) is 10.8 Å². The van der Waals surface area contributed by atoms with Crippen molar-refractivity contribution >= 4 is 11.3 Å². The van der Waals surface area contributed by atoms with Crippen LogP contribution in [0.2, 0.25) is 0 Å². The number of rotatable bonds is 4. The van der Waals surface area contributed by atoms with E-state index in [-0.39, 0.29) is 0 Å². The van der Waals surface area contributed by atoms with Crippen LogP contribution >= 0.6 is 11.3 Å². The molecule has 0 bridgehead atoms. The molecule has 0 amide bonds. The summed E-state index contributed by atoms with van der Waals surface area (Å²) in [4.78, 5) is 8.50. The molecule has 0 unspecified atom stereocenters. The van der Waals surface area contributed by atoms with Gasteiger partial charge in [0.15, 0.2) is 0 Å². The first-order valence-corrected chi connectivity index (χ1v) is 8.27. The molecule has 4 heteroatoms. The van der Waals surface area contributed by atoms with Crippen LogP contribution in [0.25, 0.3) is 0 Å². The number of likely N-dealkylation sites (tertiary alicyclic amines) is 1. The first kappa shape index (κ1) is 14.5. The van der Waals surface area contributed by atoms with Crippen LogP contribution in [0.4, 0.5) is 0 Å². The Hall–Kier alpha value is -1.39. The van der Waals surface area contributed by atoms with E-state index in [1.165, 1.54) is 27.6 Å². The quantitative estimate of drug-likeness (QED) is 0.860. The predicted molar refractivity (Wildman–Crippen MR) is 87.2 cm³/mol. The van der Waals surface area contributed by atoms with Gasteiger partial charge in [-0.2, -0.15) is 0 Å². The number of para-hydroxylation sites is 1. The lowest BCUT2D eigenvalue weighted by atomic mass is 9.97. The summed E-state index contributed by atoms with van der Waals surface area (Å²) < 4.78 is 5.50. The fraction of sp³-hybridized carbons (Fsp3) is 0.471. The van der Waals surface area contributed by atoms with E-state index in [9.17, 15) is 0 Å². The van der Waals surface area contributed by atoms with Gasteiger partial charge in [0.25, 0.3) is 0 Å². The first-order chi connectivity index (χ1) is 10.2. The van der Waals surface area contributed by atoms with Crippen LogP contribution in [0, 0.1) is 13.8 Å². The van der Waals surface area contributed by atoms with Crippen LogP contribution in [-0.2, 0) is 6.54 Å². The molecule has 3 nitrogen and oxygen atoms in total. The zero-order chi connectivity index (χ0) is 14.8. The van der Waals surface area contributed by atoms with Crippen LogP contribution in [0.3, 0.4) is 0 Å². The molecular weight excluding hydrogens is 280 g/mol. The Labute approximate surface area is 130 Å². The molecule has 1 fully saturated rings. The summed E-state index contributed by atoms with van der Waals surface area (Å²) in [5.41, 5.74) is 2.52. The highest BCUT2D eigenvalue weighted by Gasteiger charge is 2.26. The van der Waals surface area contributed by atoms with E-state index >= 15 is 0 Å². The lowest BCUT2D eigenvalue weighted by Gasteiger charge is -2.16. The third kappa shape index (κ3) is 3.11. The number of hydrogen-bond donors (Lipinski definition) is 0. The molecule has 1 aliphatic rings. The van der Waals surface area contributed by atoms with E-state index in [0.717, 1.165) is 25.4 Å². The van der Waals surface area contributed by atoms with Crippen LogP contribution in [-0.4, -0.2) is 30.1 Å². The van der Waals surface area contributed by atoms with E-state index in [0.29, 0.717) is 5.92 Å². The van der Waals surface area contributed by atoms with Crippen molar-refractivity contribution in [2.24, 2.45) is 0 Å². The normalized spacial score (nSPS) is 19.1. The molecule has 1 aromatic heterocycles. The minimum atomic E-state index is 0.573. The largest absolute Gasteiger partial charge is 0.496 e. The Balaban J connectivity index is 1.68. The molecule has 3 rings (SSSR count). The zero-order valence-corrected chi connectivity index (χ0v) is 13.7.